The van der Waals surface area contributed by atoms with Crippen molar-refractivity contribution in [3.05, 3.63) is 156 Å². The average Bonchev–Trinajstić information content (AvgIpc) is 3.08. The van der Waals surface area contributed by atoms with Crippen LogP contribution in [-0.2, 0) is 0 Å². The molecule has 0 amide bonds. The number of hydrogen-bond donors (Lipinski definition) is 0. The molecule has 0 heterocycles. The highest BCUT2D eigenvalue weighted by atomic mass is 19.2. The predicted octanol–water partition coefficient (Wildman–Crippen LogP) is 11.5. The van der Waals surface area contributed by atoms with Crippen LogP contribution < -0.4 is 0 Å². The minimum atomic E-state index is -2.22. The molecule has 44 heavy (non-hydrogen) atoms. The van der Waals surface area contributed by atoms with E-state index in [1.54, 1.807) is 84.9 Å². The van der Waals surface area contributed by atoms with E-state index < -0.39 is 45.7 Å². The molecule has 0 unspecified atom stereocenters. The number of halogens is 6. The third-order valence-electron chi connectivity index (χ3n) is 7.89. The summed E-state index contributed by atoms with van der Waals surface area (Å²) in [5.74, 6) is -11.3. The Balaban J connectivity index is 1.90. The van der Waals surface area contributed by atoms with Gasteiger partial charge in [-0.25, -0.2) is 26.3 Å². The third-order valence-corrected chi connectivity index (χ3v) is 7.89. The first-order chi connectivity index (χ1) is 21.4. The maximum atomic E-state index is 17.0. The summed E-state index contributed by atoms with van der Waals surface area (Å²) in [4.78, 5) is 0. The maximum Gasteiger partial charge on any atom is 0.198 e. The lowest BCUT2D eigenvalue weighted by Crippen LogP contribution is -2.06. The second-order valence-corrected chi connectivity index (χ2v) is 10.3. The van der Waals surface area contributed by atoms with E-state index in [1.165, 1.54) is 0 Å². The van der Waals surface area contributed by atoms with Gasteiger partial charge in [0.1, 0.15) is 11.6 Å². The monoisotopic (exact) mass is 590 g/mol. The Morgan fingerprint density at radius 2 is 0.477 bits per heavy atom. The minimum absolute atomic E-state index is 0.188. The van der Waals surface area contributed by atoms with Crippen molar-refractivity contribution in [2.75, 3.05) is 0 Å². The minimum Gasteiger partial charge on any atom is -0.205 e. The molecule has 0 aliphatic carbocycles. The molecule has 7 aromatic carbocycles. The van der Waals surface area contributed by atoms with Gasteiger partial charge in [0.2, 0.25) is 0 Å². The van der Waals surface area contributed by atoms with Gasteiger partial charge in [0.25, 0.3) is 0 Å². The van der Waals surface area contributed by atoms with Crippen LogP contribution in [0.2, 0.25) is 0 Å². The van der Waals surface area contributed by atoms with Crippen LogP contribution >= 0.6 is 0 Å². The fourth-order valence-electron chi connectivity index (χ4n) is 6.06. The maximum absolute atomic E-state index is 17.0. The van der Waals surface area contributed by atoms with E-state index in [0.717, 1.165) is 0 Å². The number of fused-ring (bicyclic) bond motifs is 2. The van der Waals surface area contributed by atoms with Crippen LogP contribution in [0, 0.1) is 34.9 Å². The topological polar surface area (TPSA) is 0 Å². The van der Waals surface area contributed by atoms with E-state index in [0.29, 0.717) is 33.4 Å². The summed E-state index contributed by atoms with van der Waals surface area (Å²) >= 11 is 0. The first kappa shape index (κ1) is 27.5. The number of benzene rings is 7. The van der Waals surface area contributed by atoms with Crippen LogP contribution in [0.15, 0.2) is 121 Å². The molecule has 0 saturated heterocycles. The molecule has 0 radical (unpaired) electrons. The first-order valence-electron chi connectivity index (χ1n) is 13.8. The van der Waals surface area contributed by atoms with Crippen molar-refractivity contribution >= 4 is 21.5 Å². The molecular weight excluding hydrogens is 570 g/mol. The summed E-state index contributed by atoms with van der Waals surface area (Å²) in [7, 11) is 0. The smallest absolute Gasteiger partial charge is 0.198 e. The van der Waals surface area contributed by atoms with E-state index in [4.69, 9.17) is 0 Å². The zero-order chi connectivity index (χ0) is 30.5. The first-order valence-corrected chi connectivity index (χ1v) is 13.8. The van der Waals surface area contributed by atoms with Gasteiger partial charge in [-0.2, -0.15) is 0 Å². The molecule has 0 nitrogen and oxygen atoms in total. The largest absolute Gasteiger partial charge is 0.205 e. The Kier molecular flexibility index (Phi) is 6.70. The van der Waals surface area contributed by atoms with Gasteiger partial charge in [0.15, 0.2) is 23.3 Å². The van der Waals surface area contributed by atoms with Crippen molar-refractivity contribution in [3.8, 4) is 44.5 Å². The second-order valence-electron chi connectivity index (χ2n) is 10.3. The molecule has 0 aromatic heterocycles. The van der Waals surface area contributed by atoms with E-state index in [9.17, 15) is 8.78 Å². The van der Waals surface area contributed by atoms with Gasteiger partial charge in [-0.1, -0.05) is 121 Å². The second kappa shape index (κ2) is 10.7. The third kappa shape index (κ3) is 4.09. The Morgan fingerprint density at radius 3 is 0.750 bits per heavy atom. The number of rotatable bonds is 4. The lowest BCUT2D eigenvalue weighted by Gasteiger charge is -2.25. The lowest BCUT2D eigenvalue weighted by atomic mass is 9.78. The normalized spacial score (nSPS) is 11.4. The molecule has 0 N–H and O–H groups in total. The summed E-state index contributed by atoms with van der Waals surface area (Å²) in [5.41, 5.74) is 3.55. The van der Waals surface area contributed by atoms with Crippen molar-refractivity contribution < 1.29 is 26.3 Å². The molecular formula is C38H20F6. The van der Waals surface area contributed by atoms with Gasteiger partial charge in [-0.3, -0.25) is 0 Å². The molecule has 6 heteroatoms. The fraction of sp³-hybridized carbons (Fsp3) is 0. The molecule has 0 atom stereocenters. The van der Waals surface area contributed by atoms with Crippen LogP contribution in [0.5, 0.6) is 0 Å². The standard InChI is InChI=1S/C38H20F6/c39-33-29-27(23-17-9-3-10-18-23)25(21-13-5-1-6-14-21)26(22-15-7-2-8-16-22)28(24-19-11-4-12-20-24)30(29)34(40)32-31(33)35(41)37(43)38(44)36(32)42/h1-20H. The lowest BCUT2D eigenvalue weighted by molar-refractivity contribution is 0.415. The summed E-state index contributed by atoms with van der Waals surface area (Å²) < 4.78 is 93.8. The van der Waals surface area contributed by atoms with E-state index in [-0.39, 0.29) is 21.9 Å². The summed E-state index contributed by atoms with van der Waals surface area (Å²) in [6, 6.07) is 35.3. The Hall–Kier alpha value is -5.36. The van der Waals surface area contributed by atoms with E-state index in [1.807, 2.05) is 36.4 Å². The zero-order valence-electron chi connectivity index (χ0n) is 22.8. The van der Waals surface area contributed by atoms with Crippen molar-refractivity contribution in [2.24, 2.45) is 0 Å². The summed E-state index contributed by atoms with van der Waals surface area (Å²) in [6.07, 6.45) is 0. The number of hydrogen-bond acceptors (Lipinski definition) is 0. The molecule has 0 saturated carbocycles. The van der Waals surface area contributed by atoms with Crippen LogP contribution in [0.3, 0.4) is 0 Å². The van der Waals surface area contributed by atoms with Gasteiger partial charge < -0.3 is 0 Å². The highest BCUT2D eigenvalue weighted by Crippen LogP contribution is 2.53. The molecule has 7 rings (SSSR count). The molecule has 0 aliphatic heterocycles. The van der Waals surface area contributed by atoms with Gasteiger partial charge in [-0.15, -0.1) is 0 Å². The van der Waals surface area contributed by atoms with Crippen LogP contribution in [0.25, 0.3) is 66.1 Å². The fourth-order valence-corrected chi connectivity index (χ4v) is 6.06. The van der Waals surface area contributed by atoms with Gasteiger partial charge in [0.05, 0.1) is 10.8 Å². The quantitative estimate of drug-likeness (QED) is 0.0828. The van der Waals surface area contributed by atoms with Crippen molar-refractivity contribution in [2.45, 2.75) is 0 Å². The van der Waals surface area contributed by atoms with Crippen LogP contribution in [0.4, 0.5) is 26.3 Å². The van der Waals surface area contributed by atoms with Gasteiger partial charge >= 0.3 is 0 Å². The van der Waals surface area contributed by atoms with E-state index in [2.05, 4.69) is 0 Å². The summed E-state index contributed by atoms with van der Waals surface area (Å²) in [5, 5.41) is -3.37. The summed E-state index contributed by atoms with van der Waals surface area (Å²) in [6.45, 7) is 0. The van der Waals surface area contributed by atoms with E-state index >= 15 is 17.6 Å². The molecule has 0 spiro atoms. The molecule has 0 bridgehead atoms. The highest BCUT2D eigenvalue weighted by molar-refractivity contribution is 6.21. The van der Waals surface area contributed by atoms with Crippen molar-refractivity contribution in [3.63, 3.8) is 0 Å². The zero-order valence-corrected chi connectivity index (χ0v) is 22.8. The van der Waals surface area contributed by atoms with Crippen molar-refractivity contribution in [1.29, 1.82) is 0 Å². The Morgan fingerprint density at radius 1 is 0.227 bits per heavy atom. The predicted molar refractivity (Wildman–Crippen MR) is 163 cm³/mol. The van der Waals surface area contributed by atoms with Crippen LogP contribution in [-0.4, -0.2) is 0 Å². The highest BCUT2D eigenvalue weighted by Gasteiger charge is 2.33. The Bertz CT molecular complexity index is 2040. The average molecular weight is 591 g/mol. The van der Waals surface area contributed by atoms with Gasteiger partial charge in [0, 0.05) is 21.9 Å². The van der Waals surface area contributed by atoms with Crippen LogP contribution in [0.1, 0.15) is 0 Å². The molecule has 214 valence electrons. The van der Waals surface area contributed by atoms with Gasteiger partial charge in [-0.05, 0) is 33.4 Å². The molecule has 7 aromatic rings. The molecule has 0 fully saturated rings. The SMILES string of the molecule is Fc1c(F)c(F)c2c(F)c3c(-c4ccccc4)c(-c4ccccc4)c(-c4ccccc4)c(-c4ccccc4)c3c(F)c2c1F. The Labute approximate surface area is 248 Å². The molecule has 0 aliphatic rings. The van der Waals surface area contributed by atoms with Crippen molar-refractivity contribution in [1.82, 2.24) is 0 Å².